The summed E-state index contributed by atoms with van der Waals surface area (Å²) in [6.45, 7) is 46.5. The number of ketones is 3. The molecule has 0 aromatic heterocycles. The minimum atomic E-state index is -1.99. The molecule has 866 valence electrons. The number of esters is 3. The Morgan fingerprint density at radius 3 is 0.953 bits per heavy atom. The first-order valence-electron chi connectivity index (χ1n) is 53.1. The fourth-order valence-corrected chi connectivity index (χ4v) is 24.0. The number of aliphatic hydroxyl groups excluding tert-OH is 11. The first-order valence-corrected chi connectivity index (χ1v) is 53.1. The van der Waals surface area contributed by atoms with E-state index in [-0.39, 0.29) is 68.9 Å². The van der Waals surface area contributed by atoms with Gasteiger partial charge in [0.15, 0.2) is 37.2 Å². The lowest BCUT2D eigenvalue weighted by Gasteiger charge is -2.50. The summed E-state index contributed by atoms with van der Waals surface area (Å²) in [5.41, 5.74) is -12.2. The third kappa shape index (κ3) is 29.6. The van der Waals surface area contributed by atoms with Gasteiger partial charge >= 0.3 is 17.9 Å². The van der Waals surface area contributed by atoms with Crippen molar-refractivity contribution in [2.45, 2.75) is 492 Å². The maximum atomic E-state index is 14.2. The van der Waals surface area contributed by atoms with Gasteiger partial charge in [-0.05, 0) is 211 Å². The second-order valence-electron chi connectivity index (χ2n) is 46.9. The summed E-state index contributed by atoms with van der Waals surface area (Å²) >= 11 is 0. The van der Waals surface area contributed by atoms with Crippen molar-refractivity contribution in [2.75, 3.05) is 84.3 Å². The number of likely N-dealkylation sites (N-methyl/N-ethyl adjacent to an activating group) is 4. The minimum absolute atomic E-state index is 0.0396. The van der Waals surface area contributed by atoms with Crippen LogP contribution in [-0.2, 0) is 109 Å². The quantitative estimate of drug-likeness (QED) is 0.0473. The van der Waals surface area contributed by atoms with Gasteiger partial charge in [0.25, 0.3) is 0 Å². The average Bonchev–Trinajstić information content (AvgIpc) is 0.798. The molecule has 8 saturated heterocycles. The predicted molar refractivity (Wildman–Crippen MR) is 540 cm³/mol. The lowest BCUT2D eigenvalue weighted by molar-refractivity contribution is -0.328. The molecule has 8 aliphatic rings. The number of hydrogen-bond donors (Lipinski definition) is 15. The molecule has 0 amide bonds. The van der Waals surface area contributed by atoms with Crippen molar-refractivity contribution in [3.05, 3.63) is 0 Å². The Labute approximate surface area is 878 Å². The molecule has 0 aliphatic carbocycles. The molecule has 0 saturated carbocycles. The monoisotopic (exact) mass is 2130 g/mol. The van der Waals surface area contributed by atoms with Gasteiger partial charge < -0.3 is 177 Å². The maximum absolute atomic E-state index is 14.2. The Kier molecular flexibility index (Phi) is 48.1. The number of methoxy groups -OCH3 is 4. The van der Waals surface area contributed by atoms with Crippen molar-refractivity contribution >= 4 is 35.3 Å². The maximum Gasteiger partial charge on any atom is 0.316 e. The van der Waals surface area contributed by atoms with Gasteiger partial charge in [-0.2, -0.15) is 0 Å². The Hall–Kier alpha value is -3.90. The van der Waals surface area contributed by atoms with Crippen LogP contribution >= 0.6 is 0 Å². The fraction of sp³-hybridized carbons (Fsp3) is 0.943. The highest BCUT2D eigenvalue weighted by molar-refractivity contribution is 6.00. The number of carbonyl (C=O) groups is 6. The Morgan fingerprint density at radius 2 is 0.635 bits per heavy atom. The van der Waals surface area contributed by atoms with E-state index in [4.69, 9.17) is 80.5 Å². The fourth-order valence-electron chi connectivity index (χ4n) is 24.0. The molecule has 42 nitrogen and oxygen atoms in total. The number of cyclic esters (lactones) is 3. The van der Waals surface area contributed by atoms with Gasteiger partial charge in [0.2, 0.25) is 0 Å². The Bertz CT molecular complexity index is 4160. The zero-order valence-electron chi connectivity index (χ0n) is 95.7. The van der Waals surface area contributed by atoms with Crippen LogP contribution in [0.4, 0.5) is 0 Å². The number of carbonyl (C=O) groups excluding carboxylic acids is 6. The highest BCUT2D eigenvalue weighted by Crippen LogP contribution is 2.48. The molecule has 0 aromatic carbocycles. The molecule has 0 spiro atoms. The van der Waals surface area contributed by atoms with Crippen molar-refractivity contribution in [1.82, 2.24) is 19.6 Å². The number of ether oxygens (including phenoxy) is 17. The second kappa shape index (κ2) is 53.6. The van der Waals surface area contributed by atoms with Crippen LogP contribution in [0.15, 0.2) is 0 Å². The van der Waals surface area contributed by atoms with Crippen LogP contribution in [0.1, 0.15) is 245 Å². The van der Waals surface area contributed by atoms with E-state index in [2.05, 4.69) is 0 Å². The van der Waals surface area contributed by atoms with E-state index in [0.29, 0.717) is 6.54 Å². The van der Waals surface area contributed by atoms with E-state index >= 15 is 0 Å². The number of Topliss-reactive ketones (excluding diaryl/α,β-unsaturated/α-hetero) is 3. The SMILES string of the molecule is CC[C@H]1OC(=O)[C@H](C)C(=O)[C@H](C)[C@@H](O[C@@H]2O[C@H](C)[C@@H](O)[C@H](N(C)C)[C@H]2O)[C@](C)(OC)C[C@@H](C)C(=O)[C@H](C)[C@@H](O)[C@]1(C)O.CC[C@H]1OC(=O)[C@H](C)[C@@H](O[C@H]2C[C@@](C)(OC)[C@@H](O)[C@H](C)O2)[C@H](C)[C@@H](O[C@@H]2O[C@H](C)[C@@H](O)[C@H](N(C)C)[C@H]2O)[C@](C)(O)C[C@@H](C)CN(C)[C@H](C)[C@@H](O)[C@]1(C)O.CC[C@H]1OC(=O)[C@H](C)[C@@H](O[C@H]2C[C@@](C)(OC)[C@@H](O)[C@H](C)O2)[C@H](C)[C@@H](O[C@@H]2O[C@H](C)[C@@H](O)[C@H](N(C)C)[C@H]2O)[C@](C)(OC)C[C@@H](C)C(=O)[C@H](C)[C@@H](O)[C@]1(C)O. The van der Waals surface area contributed by atoms with Crippen molar-refractivity contribution in [2.24, 2.45) is 65.1 Å². The van der Waals surface area contributed by atoms with Crippen molar-refractivity contribution in [3.63, 3.8) is 0 Å². The molecule has 0 aromatic rings. The van der Waals surface area contributed by atoms with E-state index < -0.39 is 330 Å². The molecule has 0 bridgehead atoms. The minimum Gasteiger partial charge on any atom is -0.459 e. The molecule has 42 heteroatoms. The van der Waals surface area contributed by atoms with Gasteiger partial charge in [-0.3, -0.25) is 28.8 Å². The molecule has 0 unspecified atom stereocenters. The van der Waals surface area contributed by atoms with E-state index in [1.807, 2.05) is 18.9 Å². The van der Waals surface area contributed by atoms with Crippen LogP contribution < -0.4 is 0 Å². The topological polar surface area (TPSA) is 576 Å². The number of nitrogens with zero attached hydrogens (tertiary/aromatic N) is 4. The third-order valence-corrected chi connectivity index (χ3v) is 34.2. The zero-order chi connectivity index (χ0) is 114. The van der Waals surface area contributed by atoms with E-state index in [0.717, 1.165) is 0 Å². The molecule has 52 atom stereocenters. The molecule has 8 fully saturated rings. The van der Waals surface area contributed by atoms with Crippen LogP contribution in [0, 0.1) is 65.1 Å². The summed E-state index contributed by atoms with van der Waals surface area (Å²) in [6.07, 6.45) is -30.8. The highest BCUT2D eigenvalue weighted by Gasteiger charge is 2.61. The molecule has 148 heavy (non-hydrogen) atoms. The average molecular weight is 2130 g/mol. The first kappa shape index (κ1) is 133. The van der Waals surface area contributed by atoms with Crippen LogP contribution in [0.2, 0.25) is 0 Å². The van der Waals surface area contributed by atoms with Crippen LogP contribution in [0.25, 0.3) is 0 Å². The third-order valence-electron chi connectivity index (χ3n) is 34.2. The normalized spacial score (nSPS) is 49.1. The van der Waals surface area contributed by atoms with Gasteiger partial charge in [-0.15, -0.1) is 0 Å². The lowest BCUT2D eigenvalue weighted by atomic mass is 9.74. The molecule has 8 heterocycles. The van der Waals surface area contributed by atoms with Gasteiger partial charge in [-0.1, -0.05) is 76.2 Å². The zero-order valence-corrected chi connectivity index (χ0v) is 95.7. The summed E-state index contributed by atoms with van der Waals surface area (Å²) in [4.78, 5) is 89.9. The molecular formula is C106H194N4O38. The number of hydrogen-bond acceptors (Lipinski definition) is 42. The lowest BCUT2D eigenvalue weighted by Crippen LogP contribution is -2.64. The number of aliphatic hydroxyl groups is 15. The predicted octanol–water partition coefficient (Wildman–Crippen LogP) is 2.98. The van der Waals surface area contributed by atoms with Crippen LogP contribution in [0.3, 0.4) is 0 Å². The van der Waals surface area contributed by atoms with Crippen molar-refractivity contribution in [3.8, 4) is 0 Å². The van der Waals surface area contributed by atoms with Gasteiger partial charge in [-0.25, -0.2) is 0 Å². The standard InChI is InChI=1S/C38H72N2O13.C38H69NO14.C30H53NO11/c1-15-25-38(10,47)31(43)22(5)40(13)18-19(2)16-36(8,46)33(53-35-29(42)27(39(11)12)28(41)23(6)50-35)20(3)30(21(4)34(45)51-25)52-26-17-37(9,48-14)32(44)24(7)49-26;1-15-24-38(10,46)31(43)19(3)27(40)18(2)16-37(9,48-14)33(53-35-29(42)26(39(11)12)28(41)22(6)50-35)20(4)30(21(5)34(45)51-24)52-25-17-36(8,47-13)32(44)23(7)49-25;1-12-19-30(8,38)25(36)15(3)21(32)14(2)13-29(7,39-11)26(16(4)22(33)17(5)27(37)41-19)42-28-24(35)20(31(9)10)23(34)18(6)40-28/h19-33,35,41-44,46-47H,15-18H2,1-14H3;18-26,28-33,35,41-44,46H,15-17H2,1-14H3;14-20,23-26,28,34-36,38H,12-13H2,1-11H3/t19-,20+,21-,22-,23-,24+,25-,26+,27+,28-,29-,30+,31-,32+,33-,35+,36-,37-,38-;18-,19+,20+,21-,22-,23+,24-,25+,26+,28-,29-,30+,31-,32+,33-,35+,36-,37-,38-;14-,15+,16+,17-,18-,19-,20+,23-,24-,25-,26-,28+,29-,30-/m111/s1. The molecule has 0 radical (unpaired) electrons. The van der Waals surface area contributed by atoms with E-state index in [9.17, 15) is 105 Å². The van der Waals surface area contributed by atoms with Gasteiger partial charge in [0.1, 0.15) is 89.2 Å². The highest BCUT2D eigenvalue weighted by atomic mass is 16.7. The summed E-state index contributed by atoms with van der Waals surface area (Å²) in [7, 11) is 18.0. The smallest absolute Gasteiger partial charge is 0.316 e. The molecule has 8 aliphatic heterocycles. The first-order chi connectivity index (χ1) is 68.0. The van der Waals surface area contributed by atoms with E-state index in [1.54, 1.807) is 202 Å². The van der Waals surface area contributed by atoms with E-state index in [1.165, 1.54) is 70.0 Å². The summed E-state index contributed by atoms with van der Waals surface area (Å²) < 4.78 is 105. The Morgan fingerprint density at radius 1 is 0.338 bits per heavy atom. The Balaban J connectivity index is 0.000000342. The molecule has 8 rings (SSSR count). The molecular weight excluding hydrogens is 1940 g/mol. The largest absolute Gasteiger partial charge is 0.459 e. The summed E-state index contributed by atoms with van der Waals surface area (Å²) in [6, 6.07) is -2.81. The number of rotatable bonds is 20. The second-order valence-corrected chi connectivity index (χ2v) is 46.9. The van der Waals surface area contributed by atoms with Gasteiger partial charge in [0.05, 0.1) is 150 Å². The molecule has 15 N–H and O–H groups in total. The van der Waals surface area contributed by atoms with Crippen molar-refractivity contribution < 1.29 is 186 Å². The summed E-state index contributed by atoms with van der Waals surface area (Å²) in [5, 5.41) is 170. The van der Waals surface area contributed by atoms with Crippen LogP contribution in [-0.4, -0.2) is 463 Å². The van der Waals surface area contributed by atoms with Crippen LogP contribution in [0.5, 0.6) is 0 Å². The van der Waals surface area contributed by atoms with Crippen molar-refractivity contribution in [1.29, 1.82) is 0 Å². The summed E-state index contributed by atoms with van der Waals surface area (Å²) in [5.74, 6) is -13.4. The van der Waals surface area contributed by atoms with Gasteiger partial charge in [0, 0.05) is 95.3 Å².